The summed E-state index contributed by atoms with van der Waals surface area (Å²) >= 11 is 0. The van der Waals surface area contributed by atoms with E-state index in [4.69, 9.17) is 9.05 Å². The summed E-state index contributed by atoms with van der Waals surface area (Å²) in [4.78, 5) is 25.7. The Bertz CT molecular complexity index is 1560. The molecule has 0 heterocycles. The van der Waals surface area contributed by atoms with Crippen molar-refractivity contribution < 1.29 is 32.9 Å². The molecule has 0 saturated carbocycles. The lowest BCUT2D eigenvalue weighted by Gasteiger charge is -2.29. The first-order valence-electron chi connectivity index (χ1n) is 38.5. The first-order valence-corrected chi connectivity index (χ1v) is 40.0. The molecule has 0 bridgehead atoms. The summed E-state index contributed by atoms with van der Waals surface area (Å²) in [5.74, 6) is -0.189. The van der Waals surface area contributed by atoms with Crippen molar-refractivity contribution in [2.45, 2.75) is 405 Å². The van der Waals surface area contributed by atoms with Crippen molar-refractivity contribution in [3.05, 3.63) is 48.6 Å². The zero-order valence-electron chi connectivity index (χ0n) is 59.0. The predicted molar refractivity (Wildman–Crippen MR) is 381 cm³/mol. The summed E-state index contributed by atoms with van der Waals surface area (Å²) in [5.41, 5.74) is 0. The minimum atomic E-state index is -4.60. The van der Waals surface area contributed by atoms with Gasteiger partial charge in [0.25, 0.3) is 7.82 Å². The van der Waals surface area contributed by atoms with E-state index in [-0.39, 0.29) is 19.1 Å². The maximum Gasteiger partial charge on any atom is 0.268 e. The average molecular weight is 1240 g/mol. The largest absolute Gasteiger partial charge is 0.756 e. The number of allylic oxidation sites excluding steroid dienone is 7. The van der Waals surface area contributed by atoms with E-state index in [1.807, 2.05) is 27.2 Å². The summed E-state index contributed by atoms with van der Waals surface area (Å²) in [6, 6.07) is -0.887. The van der Waals surface area contributed by atoms with Gasteiger partial charge in [0.15, 0.2) is 0 Å². The van der Waals surface area contributed by atoms with Crippen LogP contribution < -0.4 is 10.2 Å². The van der Waals surface area contributed by atoms with Gasteiger partial charge in [-0.1, -0.05) is 377 Å². The van der Waals surface area contributed by atoms with Gasteiger partial charge in [0, 0.05) is 6.42 Å². The number of likely N-dealkylation sites (N-methyl/N-ethyl adjacent to an activating group) is 1. The lowest BCUT2D eigenvalue weighted by molar-refractivity contribution is -0.870. The molecular formula is C78H151N2O6P. The molecule has 514 valence electrons. The number of carbonyl (C=O) groups is 1. The van der Waals surface area contributed by atoms with Crippen molar-refractivity contribution in [3.8, 4) is 0 Å². The molecule has 0 aromatic heterocycles. The Morgan fingerprint density at radius 1 is 0.402 bits per heavy atom. The minimum absolute atomic E-state index is 0.00106. The quantitative estimate of drug-likeness (QED) is 0.0272. The molecule has 0 aliphatic heterocycles. The zero-order valence-corrected chi connectivity index (χ0v) is 59.9. The third-order valence-corrected chi connectivity index (χ3v) is 18.7. The molecule has 1 amide bonds. The number of phosphoric acid groups is 1. The lowest BCUT2D eigenvalue weighted by Crippen LogP contribution is -2.45. The van der Waals surface area contributed by atoms with Gasteiger partial charge in [-0.3, -0.25) is 9.36 Å². The van der Waals surface area contributed by atoms with Crippen LogP contribution in [0, 0.1) is 0 Å². The Kier molecular flexibility index (Phi) is 67.6. The average Bonchev–Trinajstić information content (AvgIpc) is 3.69. The maximum atomic E-state index is 13.1. The summed E-state index contributed by atoms with van der Waals surface area (Å²) < 4.78 is 23.5. The monoisotopic (exact) mass is 1240 g/mol. The summed E-state index contributed by atoms with van der Waals surface area (Å²) in [5, 5.41) is 14.0. The second-order valence-corrected chi connectivity index (χ2v) is 29.1. The highest BCUT2D eigenvalue weighted by Crippen LogP contribution is 2.38. The number of nitrogens with one attached hydrogen (secondary N) is 1. The third-order valence-electron chi connectivity index (χ3n) is 17.8. The van der Waals surface area contributed by atoms with Crippen LogP contribution in [0.3, 0.4) is 0 Å². The first-order chi connectivity index (χ1) is 42.5. The van der Waals surface area contributed by atoms with Crippen LogP contribution >= 0.6 is 7.82 Å². The van der Waals surface area contributed by atoms with Crippen LogP contribution in [0.1, 0.15) is 393 Å². The van der Waals surface area contributed by atoms with Crippen molar-refractivity contribution in [1.82, 2.24) is 5.32 Å². The van der Waals surface area contributed by atoms with Crippen molar-refractivity contribution in [2.75, 3.05) is 40.9 Å². The molecule has 0 rings (SSSR count). The highest BCUT2D eigenvalue weighted by Gasteiger charge is 2.23. The molecule has 0 saturated heterocycles. The van der Waals surface area contributed by atoms with Crippen LogP contribution in [0.25, 0.3) is 0 Å². The molecule has 0 aliphatic rings. The van der Waals surface area contributed by atoms with Gasteiger partial charge in [0.1, 0.15) is 13.2 Å². The van der Waals surface area contributed by atoms with Gasteiger partial charge in [0.2, 0.25) is 5.91 Å². The van der Waals surface area contributed by atoms with Crippen molar-refractivity contribution in [3.63, 3.8) is 0 Å². The molecule has 3 unspecified atom stereocenters. The second-order valence-electron chi connectivity index (χ2n) is 27.7. The van der Waals surface area contributed by atoms with Gasteiger partial charge in [-0.25, -0.2) is 0 Å². The molecule has 0 aromatic carbocycles. The fraction of sp³-hybridized carbons (Fsp3) is 0.885. The van der Waals surface area contributed by atoms with Crippen LogP contribution in [-0.4, -0.2) is 68.5 Å². The Balaban J connectivity index is 3.95. The molecular weight excluding hydrogens is 1090 g/mol. The third kappa shape index (κ3) is 71.8. The molecule has 8 nitrogen and oxygen atoms in total. The number of quaternary nitrogens is 1. The first kappa shape index (κ1) is 85.5. The van der Waals surface area contributed by atoms with Crippen LogP contribution in [0.2, 0.25) is 0 Å². The smallest absolute Gasteiger partial charge is 0.268 e. The number of rotatable bonds is 72. The molecule has 3 atom stereocenters. The van der Waals surface area contributed by atoms with Gasteiger partial charge in [-0.05, 0) is 57.8 Å². The van der Waals surface area contributed by atoms with Crippen LogP contribution in [0.4, 0.5) is 0 Å². The van der Waals surface area contributed by atoms with Gasteiger partial charge >= 0.3 is 0 Å². The highest BCUT2D eigenvalue weighted by molar-refractivity contribution is 7.45. The summed E-state index contributed by atoms with van der Waals surface area (Å²) in [7, 11) is 1.28. The number of hydrogen-bond acceptors (Lipinski definition) is 6. The molecule has 0 spiro atoms. The van der Waals surface area contributed by atoms with E-state index in [1.54, 1.807) is 6.08 Å². The summed E-state index contributed by atoms with van der Waals surface area (Å²) in [6.07, 6.45) is 94.1. The summed E-state index contributed by atoms with van der Waals surface area (Å²) in [6.45, 7) is 4.70. The standard InChI is InChI=1S/C78H151N2O6P/c1-6-8-10-12-14-16-18-20-22-24-26-28-30-32-34-35-36-37-38-39-40-41-42-43-44-45-46-48-50-52-54-56-58-60-62-64-66-68-70-72-78(82)79-76(75-86-87(83,84)85-74-73-80(3,4)5)77(81)71-69-67-65-63-61-59-57-55-53-51-49-47-33-31-29-27-25-23-21-19-17-15-13-11-9-7-2/h18,20,24,26,30,32,69,71,76-77,81H,6-17,19,21-23,25,27-29,31,33-68,70,72-75H2,1-5H3,(H-,79,82,83,84)/b20-18-,26-24-,32-30-,71-69+. The van der Waals surface area contributed by atoms with Crippen molar-refractivity contribution >= 4 is 13.7 Å². The highest BCUT2D eigenvalue weighted by atomic mass is 31.2. The fourth-order valence-electron chi connectivity index (χ4n) is 11.8. The van der Waals surface area contributed by atoms with E-state index >= 15 is 0 Å². The van der Waals surface area contributed by atoms with Gasteiger partial charge < -0.3 is 28.8 Å². The lowest BCUT2D eigenvalue weighted by atomic mass is 10.0. The molecule has 9 heteroatoms. The number of aliphatic hydroxyl groups is 1. The van der Waals surface area contributed by atoms with Crippen molar-refractivity contribution in [1.29, 1.82) is 0 Å². The van der Waals surface area contributed by atoms with E-state index in [0.29, 0.717) is 17.4 Å². The van der Waals surface area contributed by atoms with Crippen LogP contribution in [0.5, 0.6) is 0 Å². The molecule has 0 radical (unpaired) electrons. The second kappa shape index (κ2) is 68.8. The number of aliphatic hydroxyl groups excluding tert-OH is 1. The Labute approximate surface area is 543 Å². The molecule has 2 N–H and O–H groups in total. The Morgan fingerprint density at radius 3 is 0.966 bits per heavy atom. The number of carbonyl (C=O) groups excluding carboxylic acids is 1. The van der Waals surface area contributed by atoms with E-state index in [9.17, 15) is 19.4 Å². The zero-order chi connectivity index (χ0) is 63.4. The van der Waals surface area contributed by atoms with Crippen molar-refractivity contribution in [2.24, 2.45) is 0 Å². The number of phosphoric ester groups is 1. The topological polar surface area (TPSA) is 108 Å². The van der Waals surface area contributed by atoms with Crippen LogP contribution in [0.15, 0.2) is 48.6 Å². The SMILES string of the molecule is CCCCCCC/C=C\C/C=C\C/C=C\CCCCCCCCCCCCCCCCCCCCCCCCCCC(=O)NC(COP(=O)([O-])OCC[N+](C)(C)C)C(O)/C=C/CCCCCCCCCCCCCCCCCCCCCCCCCC. The number of nitrogens with zero attached hydrogens (tertiary/aromatic N) is 1. The molecule has 87 heavy (non-hydrogen) atoms. The van der Waals surface area contributed by atoms with E-state index in [0.717, 1.165) is 51.4 Å². The fourth-order valence-corrected chi connectivity index (χ4v) is 12.5. The van der Waals surface area contributed by atoms with E-state index in [2.05, 4.69) is 55.6 Å². The minimum Gasteiger partial charge on any atom is -0.756 e. The van der Waals surface area contributed by atoms with E-state index in [1.165, 1.54) is 321 Å². The molecule has 0 fully saturated rings. The Morgan fingerprint density at radius 2 is 0.667 bits per heavy atom. The predicted octanol–water partition coefficient (Wildman–Crippen LogP) is 24.3. The van der Waals surface area contributed by atoms with Gasteiger partial charge in [-0.2, -0.15) is 0 Å². The number of hydrogen-bond donors (Lipinski definition) is 2. The number of amides is 1. The molecule has 0 aliphatic carbocycles. The Hall–Kier alpha value is -1.54. The number of unbranched alkanes of at least 4 members (excludes halogenated alkanes) is 53. The molecule has 0 aromatic rings. The maximum absolute atomic E-state index is 13.1. The normalized spacial score (nSPS) is 13.8. The van der Waals surface area contributed by atoms with Crippen LogP contribution in [-0.2, 0) is 18.4 Å². The van der Waals surface area contributed by atoms with Gasteiger partial charge in [0.05, 0.1) is 39.9 Å². The van der Waals surface area contributed by atoms with E-state index < -0.39 is 20.0 Å². The van der Waals surface area contributed by atoms with Gasteiger partial charge in [-0.15, -0.1) is 0 Å².